The van der Waals surface area contributed by atoms with E-state index in [-0.39, 0.29) is 0 Å². The average molecular weight is 964 g/mol. The fraction of sp³-hybridized carbons (Fsp3) is 0.0156. The summed E-state index contributed by atoms with van der Waals surface area (Å²) in [7, 11) is 0. The molecule has 0 atom stereocenters. The summed E-state index contributed by atoms with van der Waals surface area (Å²) in [5.41, 5.74) is 9.86. The number of nitrogens with zero attached hydrogens (tertiary/aromatic N) is 5. The Labute approximate surface area is 418 Å². The van der Waals surface area contributed by atoms with Gasteiger partial charge in [-0.15, -0.1) is 0 Å². The van der Waals surface area contributed by atoms with E-state index in [4.69, 9.17) is 23.8 Å². The number of benzene rings is 10. The van der Waals surface area contributed by atoms with Crippen molar-refractivity contribution in [3.63, 3.8) is 0 Å². The lowest BCUT2D eigenvalue weighted by Crippen LogP contribution is -2.08. The van der Waals surface area contributed by atoms with E-state index < -0.39 is 11.7 Å². The van der Waals surface area contributed by atoms with Gasteiger partial charge in [-0.3, -0.25) is 0 Å². The number of halogens is 3. The van der Waals surface area contributed by atoms with Crippen LogP contribution in [0.5, 0.6) is 0 Å². The zero-order valence-corrected chi connectivity index (χ0v) is 39.0. The Hall–Kier alpha value is -9.80. The van der Waals surface area contributed by atoms with Crippen LogP contribution in [0.1, 0.15) is 5.56 Å². The fourth-order valence-corrected chi connectivity index (χ4v) is 11.1. The molecular weight excluding hydrogens is 928 g/mol. The van der Waals surface area contributed by atoms with Crippen molar-refractivity contribution in [3.05, 3.63) is 224 Å². The van der Waals surface area contributed by atoms with Crippen LogP contribution in [0, 0.1) is 0 Å². The van der Waals surface area contributed by atoms with Crippen molar-refractivity contribution in [1.82, 2.24) is 24.1 Å². The van der Waals surface area contributed by atoms with Crippen molar-refractivity contribution in [3.8, 4) is 56.7 Å². The Bertz CT molecular complexity index is 4720. The molecule has 0 saturated heterocycles. The molecule has 0 amide bonds. The van der Waals surface area contributed by atoms with E-state index in [9.17, 15) is 0 Å². The summed E-state index contributed by atoms with van der Waals surface area (Å²) in [6.45, 7) is 0. The van der Waals surface area contributed by atoms with Crippen molar-refractivity contribution >= 4 is 87.5 Å². The molecule has 5 aromatic heterocycles. The van der Waals surface area contributed by atoms with Crippen LogP contribution < -0.4 is 0 Å². The van der Waals surface area contributed by atoms with Gasteiger partial charge in [0.1, 0.15) is 22.3 Å². The van der Waals surface area contributed by atoms with Gasteiger partial charge in [0.05, 0.1) is 49.8 Å². The second kappa shape index (κ2) is 15.9. The quantitative estimate of drug-likeness (QED) is 0.166. The number of hydrogen-bond donors (Lipinski definition) is 0. The van der Waals surface area contributed by atoms with E-state index in [1.165, 1.54) is 12.1 Å². The summed E-state index contributed by atoms with van der Waals surface area (Å²) in [6.07, 6.45) is -4.65. The third-order valence-corrected chi connectivity index (χ3v) is 14.4. The molecular formula is C64H36F3N5O2. The molecule has 0 bridgehead atoms. The van der Waals surface area contributed by atoms with Gasteiger partial charge in [0, 0.05) is 60.1 Å². The van der Waals surface area contributed by atoms with Crippen molar-refractivity contribution < 1.29 is 22.0 Å². The number of rotatable bonds is 6. The number of fused-ring (bicyclic) bond motifs is 14. The predicted octanol–water partition coefficient (Wildman–Crippen LogP) is 17.6. The third-order valence-electron chi connectivity index (χ3n) is 14.4. The van der Waals surface area contributed by atoms with Crippen LogP contribution in [-0.2, 0) is 6.18 Å². The number of furan rings is 2. The van der Waals surface area contributed by atoms with Gasteiger partial charge in [-0.1, -0.05) is 152 Å². The van der Waals surface area contributed by atoms with Gasteiger partial charge in [-0.2, -0.15) is 13.2 Å². The zero-order chi connectivity index (χ0) is 49.2. The number of hydrogen-bond acceptors (Lipinski definition) is 5. The lowest BCUT2D eigenvalue weighted by atomic mass is 9.97. The summed E-state index contributed by atoms with van der Waals surface area (Å²) >= 11 is 0. The normalized spacial score (nSPS) is 12.3. The minimum Gasteiger partial charge on any atom is -0.455 e. The molecule has 10 heteroatoms. The standard InChI is InChI=1S/C64H36F3N5O2/c65-64(66,67)40-28-30-42(54(36-40)72-50-24-12-8-22-48(50)58-52(72)34-32-46-44-20-10-14-26-56(44)74-60(46)58)41-29-27-39(63-69-61(37-15-3-1-4-16-37)68-62(70-63)38-17-5-2-6-18-38)35-53(41)71-49-23-11-7-21-47(49)57-51(71)33-31-45-43-19-9-13-25-55(43)73-59(45)57/h1-36H. The maximum absolute atomic E-state index is 15.2. The molecule has 0 saturated carbocycles. The predicted molar refractivity (Wildman–Crippen MR) is 290 cm³/mol. The molecule has 74 heavy (non-hydrogen) atoms. The smallest absolute Gasteiger partial charge is 0.416 e. The average Bonchev–Trinajstić information content (AvgIpc) is 4.21. The molecule has 0 aliphatic carbocycles. The second-order valence-electron chi connectivity index (χ2n) is 18.6. The van der Waals surface area contributed by atoms with Crippen molar-refractivity contribution in [2.45, 2.75) is 6.18 Å². The van der Waals surface area contributed by atoms with E-state index in [0.29, 0.717) is 56.6 Å². The third kappa shape index (κ3) is 6.31. The van der Waals surface area contributed by atoms with Crippen LogP contribution in [0.15, 0.2) is 227 Å². The topological polar surface area (TPSA) is 74.8 Å². The molecule has 0 aliphatic rings. The Morgan fingerprint density at radius 1 is 0.338 bits per heavy atom. The van der Waals surface area contributed by atoms with Gasteiger partial charge < -0.3 is 18.0 Å². The van der Waals surface area contributed by atoms with E-state index in [0.717, 1.165) is 87.5 Å². The Morgan fingerprint density at radius 3 is 1.26 bits per heavy atom. The maximum Gasteiger partial charge on any atom is 0.416 e. The lowest BCUT2D eigenvalue weighted by molar-refractivity contribution is -0.137. The van der Waals surface area contributed by atoms with Crippen molar-refractivity contribution in [1.29, 1.82) is 0 Å². The summed E-state index contributed by atoms with van der Waals surface area (Å²) < 4.78 is 63.2. The van der Waals surface area contributed by atoms with Gasteiger partial charge >= 0.3 is 6.18 Å². The van der Waals surface area contributed by atoms with Crippen LogP contribution in [0.3, 0.4) is 0 Å². The number of para-hydroxylation sites is 4. The largest absolute Gasteiger partial charge is 0.455 e. The summed E-state index contributed by atoms with van der Waals surface area (Å²) in [4.78, 5) is 15.2. The maximum atomic E-state index is 15.2. The first-order valence-electron chi connectivity index (χ1n) is 24.2. The lowest BCUT2D eigenvalue weighted by Gasteiger charge is -2.21. The van der Waals surface area contributed by atoms with Crippen molar-refractivity contribution in [2.24, 2.45) is 0 Å². The van der Waals surface area contributed by atoms with Gasteiger partial charge in [0.25, 0.3) is 0 Å². The Morgan fingerprint density at radius 2 is 0.757 bits per heavy atom. The van der Waals surface area contributed by atoms with E-state index in [1.807, 2.05) is 174 Å². The molecule has 0 spiro atoms. The number of alkyl halides is 3. The molecule has 0 N–H and O–H groups in total. The highest BCUT2D eigenvalue weighted by atomic mass is 19.4. The van der Waals surface area contributed by atoms with E-state index >= 15 is 13.2 Å². The van der Waals surface area contributed by atoms with Crippen LogP contribution in [0.2, 0.25) is 0 Å². The first kappa shape index (κ1) is 41.9. The van der Waals surface area contributed by atoms with E-state index in [1.54, 1.807) is 6.07 Å². The summed E-state index contributed by atoms with van der Waals surface area (Å²) in [6, 6.07) is 69.7. The minimum absolute atomic E-state index is 0.341. The van der Waals surface area contributed by atoms with E-state index in [2.05, 4.69) is 34.9 Å². The molecule has 350 valence electrons. The molecule has 15 rings (SSSR count). The molecule has 0 fully saturated rings. The molecule has 0 radical (unpaired) electrons. The monoisotopic (exact) mass is 963 g/mol. The minimum atomic E-state index is -4.65. The van der Waals surface area contributed by atoms with Crippen LogP contribution in [-0.4, -0.2) is 24.1 Å². The highest BCUT2D eigenvalue weighted by Gasteiger charge is 2.33. The molecule has 5 heterocycles. The Kier molecular flexibility index (Phi) is 8.98. The summed E-state index contributed by atoms with van der Waals surface area (Å²) in [5, 5.41) is 7.38. The molecule has 10 aromatic carbocycles. The number of aromatic nitrogens is 5. The van der Waals surface area contributed by atoms with Gasteiger partial charge in [-0.05, 0) is 66.7 Å². The van der Waals surface area contributed by atoms with Crippen LogP contribution in [0.4, 0.5) is 13.2 Å². The molecule has 0 aliphatic heterocycles. The fourth-order valence-electron chi connectivity index (χ4n) is 11.1. The first-order chi connectivity index (χ1) is 36.3. The molecule has 15 aromatic rings. The molecule has 0 unspecified atom stereocenters. The first-order valence-corrected chi connectivity index (χ1v) is 24.2. The van der Waals surface area contributed by atoms with Crippen molar-refractivity contribution in [2.75, 3.05) is 0 Å². The highest BCUT2D eigenvalue weighted by Crippen LogP contribution is 2.47. The Balaban J connectivity index is 1.06. The zero-order valence-electron chi connectivity index (χ0n) is 39.0. The van der Waals surface area contributed by atoms with Crippen LogP contribution in [0.25, 0.3) is 144 Å². The SMILES string of the molecule is FC(F)(F)c1ccc(-c2ccc(-c3nc(-c4ccccc4)nc(-c4ccccc4)n3)cc2-n2c3ccccc3c3c4oc5ccccc5c4ccc32)c(-n2c3ccccc3c3c4oc5ccccc5c4ccc32)c1. The second-order valence-corrected chi connectivity index (χ2v) is 18.6. The molecule has 7 nitrogen and oxygen atoms in total. The summed E-state index contributed by atoms with van der Waals surface area (Å²) in [5.74, 6) is 1.43. The van der Waals surface area contributed by atoms with Gasteiger partial charge in [0.15, 0.2) is 17.5 Å². The van der Waals surface area contributed by atoms with Gasteiger partial charge in [-0.25, -0.2) is 15.0 Å². The highest BCUT2D eigenvalue weighted by molar-refractivity contribution is 6.25. The van der Waals surface area contributed by atoms with Gasteiger partial charge in [0.2, 0.25) is 0 Å². The van der Waals surface area contributed by atoms with Crippen LogP contribution >= 0.6 is 0 Å².